The van der Waals surface area contributed by atoms with Crippen LogP contribution >= 0.6 is 0 Å². The molecule has 2 aromatic heterocycles. The lowest BCUT2D eigenvalue weighted by molar-refractivity contribution is -0.758. The normalized spacial score (nSPS) is 13.4. The van der Waals surface area contributed by atoms with Crippen LogP contribution in [0.25, 0.3) is 21.5 Å². The van der Waals surface area contributed by atoms with Crippen molar-refractivity contribution >= 4 is 21.5 Å². The zero-order valence-electron chi connectivity index (χ0n) is 15.6. The van der Waals surface area contributed by atoms with Gasteiger partial charge in [0.1, 0.15) is 13.2 Å². The van der Waals surface area contributed by atoms with Gasteiger partial charge < -0.3 is 9.68 Å². The first-order valence-corrected chi connectivity index (χ1v) is 8.53. The third kappa shape index (κ3) is 3.27. The molecule has 0 radical (unpaired) electrons. The van der Waals surface area contributed by atoms with Gasteiger partial charge in [0, 0.05) is 0 Å². The minimum absolute atomic E-state index is 0.135. The lowest BCUT2D eigenvalue weighted by Crippen LogP contribution is -2.32. The number of aromatic nitrogens is 2. The predicted octanol–water partition coefficient (Wildman–Crippen LogP) is -0.549. The molecule has 0 aliphatic carbocycles. The number of fused-ring (bicyclic) bond motifs is 2. The van der Waals surface area contributed by atoms with E-state index in [1.165, 1.54) is 13.8 Å². The first kappa shape index (κ1) is 20.6. The largest absolute Gasteiger partial charge is 0.312 e. The topological polar surface area (TPSA) is 183 Å². The van der Waals surface area contributed by atoms with Crippen LogP contribution in [0.4, 0.5) is 0 Å². The zero-order valence-corrected chi connectivity index (χ0v) is 15.6. The van der Waals surface area contributed by atoms with Crippen molar-refractivity contribution in [2.45, 2.75) is 25.9 Å². The SMILES string of the molecule is CC(CO[N+](=O)[O-])n1c(=O)c2cc3c(=O)n(C(C)CO[N+](=O)[O-])c(=O)c3cc2c1=O. The molecule has 1 aromatic carbocycles. The van der Waals surface area contributed by atoms with Crippen molar-refractivity contribution in [3.05, 3.63) is 73.8 Å². The average Bonchev–Trinajstić information content (AvgIpc) is 3.07. The minimum atomic E-state index is -1.06. The van der Waals surface area contributed by atoms with Crippen LogP contribution in [-0.4, -0.2) is 32.5 Å². The van der Waals surface area contributed by atoms with E-state index in [2.05, 4.69) is 9.68 Å². The van der Waals surface area contributed by atoms with Crippen LogP contribution in [-0.2, 0) is 9.68 Å². The smallest absolute Gasteiger partial charge is 0.294 e. The summed E-state index contributed by atoms with van der Waals surface area (Å²) >= 11 is 0. The molecule has 0 spiro atoms. The minimum Gasteiger partial charge on any atom is -0.312 e. The molecule has 0 fully saturated rings. The van der Waals surface area contributed by atoms with Gasteiger partial charge in [0.15, 0.2) is 0 Å². The molecule has 2 unspecified atom stereocenters. The van der Waals surface area contributed by atoms with E-state index in [1.54, 1.807) is 0 Å². The fourth-order valence-corrected chi connectivity index (χ4v) is 3.30. The summed E-state index contributed by atoms with van der Waals surface area (Å²) in [5, 5.41) is 18.0. The zero-order chi connectivity index (χ0) is 22.3. The summed E-state index contributed by atoms with van der Waals surface area (Å²) < 4.78 is 1.51. The molecule has 0 bridgehead atoms. The lowest BCUT2D eigenvalue weighted by atomic mass is 10.1. The standard InChI is InChI=1S/C16H14N4O10/c1-7(5-29-19(25)26)17-13(21)9-3-11-12(4-10(9)14(17)22)16(24)18(15(11)23)8(2)6-30-20(27)28/h3-4,7-8H,5-6H2,1-2H3. The molecule has 30 heavy (non-hydrogen) atoms. The fraction of sp³-hybridized carbons (Fsp3) is 0.375. The Morgan fingerprint density at radius 2 is 1.00 bits per heavy atom. The van der Waals surface area contributed by atoms with Crippen molar-refractivity contribution in [2.24, 2.45) is 0 Å². The molecule has 3 aromatic rings. The summed E-state index contributed by atoms with van der Waals surface area (Å²) in [5.74, 6) is 0. The second-order valence-corrected chi connectivity index (χ2v) is 6.64. The maximum Gasteiger partial charge on any atom is 0.294 e. The van der Waals surface area contributed by atoms with Crippen LogP contribution in [0.2, 0.25) is 0 Å². The molecule has 0 saturated heterocycles. The van der Waals surface area contributed by atoms with Gasteiger partial charge >= 0.3 is 0 Å². The van der Waals surface area contributed by atoms with Crippen molar-refractivity contribution in [1.29, 1.82) is 0 Å². The molecule has 0 aliphatic heterocycles. The Hall–Kier alpha value is -4.10. The maximum absolute atomic E-state index is 12.6. The Kier molecular flexibility index (Phi) is 5.07. The maximum atomic E-state index is 12.6. The van der Waals surface area contributed by atoms with Crippen molar-refractivity contribution in [1.82, 2.24) is 9.13 Å². The van der Waals surface area contributed by atoms with Crippen molar-refractivity contribution in [3.63, 3.8) is 0 Å². The highest BCUT2D eigenvalue weighted by Gasteiger charge is 2.23. The van der Waals surface area contributed by atoms with Gasteiger partial charge in [0.05, 0.1) is 33.6 Å². The van der Waals surface area contributed by atoms with Crippen molar-refractivity contribution in [3.8, 4) is 0 Å². The predicted molar refractivity (Wildman–Crippen MR) is 100 cm³/mol. The second-order valence-electron chi connectivity index (χ2n) is 6.64. The first-order valence-electron chi connectivity index (χ1n) is 8.53. The number of nitrogens with zero attached hydrogens (tertiary/aromatic N) is 4. The van der Waals surface area contributed by atoms with Gasteiger partial charge in [-0.2, -0.15) is 0 Å². The summed E-state index contributed by atoms with van der Waals surface area (Å²) in [7, 11) is 0. The van der Waals surface area contributed by atoms with E-state index in [0.717, 1.165) is 21.3 Å². The molecule has 0 amide bonds. The van der Waals surface area contributed by atoms with Gasteiger partial charge in [0.25, 0.3) is 32.4 Å². The molecule has 14 nitrogen and oxygen atoms in total. The van der Waals surface area contributed by atoms with Crippen molar-refractivity contribution in [2.75, 3.05) is 13.2 Å². The van der Waals surface area contributed by atoms with Crippen LogP contribution in [0.5, 0.6) is 0 Å². The summed E-state index contributed by atoms with van der Waals surface area (Å²) in [4.78, 5) is 79.7. The van der Waals surface area contributed by atoms with Crippen LogP contribution in [0.15, 0.2) is 31.3 Å². The van der Waals surface area contributed by atoms with Gasteiger partial charge in [0.2, 0.25) is 0 Å². The van der Waals surface area contributed by atoms with Gasteiger partial charge in [-0.3, -0.25) is 28.3 Å². The number of benzene rings is 1. The molecule has 0 saturated carbocycles. The Labute approximate surface area is 164 Å². The Morgan fingerprint density at radius 1 is 0.733 bits per heavy atom. The number of hydrogen-bond acceptors (Lipinski definition) is 10. The van der Waals surface area contributed by atoms with Crippen LogP contribution in [0.1, 0.15) is 25.9 Å². The van der Waals surface area contributed by atoms with Gasteiger partial charge in [-0.1, -0.05) is 0 Å². The van der Waals surface area contributed by atoms with E-state index in [1.807, 2.05) is 0 Å². The molecule has 2 atom stereocenters. The number of hydrogen-bond donors (Lipinski definition) is 0. The fourth-order valence-electron chi connectivity index (χ4n) is 3.30. The van der Waals surface area contributed by atoms with Gasteiger partial charge in [-0.05, 0) is 26.0 Å². The monoisotopic (exact) mass is 422 g/mol. The van der Waals surface area contributed by atoms with E-state index in [4.69, 9.17) is 0 Å². The lowest BCUT2D eigenvalue weighted by Gasteiger charge is -2.09. The van der Waals surface area contributed by atoms with Crippen LogP contribution < -0.4 is 22.2 Å². The molecule has 14 heteroatoms. The Morgan fingerprint density at radius 3 is 1.23 bits per heavy atom. The van der Waals surface area contributed by atoms with Crippen molar-refractivity contribution < 1.29 is 19.8 Å². The van der Waals surface area contributed by atoms with E-state index >= 15 is 0 Å². The first-order chi connectivity index (χ1) is 14.0. The quantitative estimate of drug-likeness (QED) is 0.337. The van der Waals surface area contributed by atoms with E-state index < -0.39 is 57.7 Å². The van der Waals surface area contributed by atoms with E-state index in [-0.39, 0.29) is 21.5 Å². The summed E-state index contributed by atoms with van der Waals surface area (Å²) in [6.07, 6.45) is 0. The molecule has 3 rings (SSSR count). The van der Waals surface area contributed by atoms with Crippen LogP contribution in [0, 0.1) is 20.2 Å². The molecular formula is C16H14N4O10. The summed E-state index contributed by atoms with van der Waals surface area (Å²) in [6, 6.07) is 0.264. The highest BCUT2D eigenvalue weighted by Crippen LogP contribution is 2.17. The second kappa shape index (κ2) is 7.38. The van der Waals surface area contributed by atoms with E-state index in [9.17, 15) is 39.4 Å². The molecular weight excluding hydrogens is 408 g/mol. The highest BCUT2D eigenvalue weighted by atomic mass is 17.0. The highest BCUT2D eigenvalue weighted by molar-refractivity contribution is 5.97. The summed E-state index contributed by atoms with van der Waals surface area (Å²) in [6.45, 7) is 1.65. The third-order valence-electron chi connectivity index (χ3n) is 4.68. The molecule has 158 valence electrons. The molecule has 2 heterocycles. The average molecular weight is 422 g/mol. The van der Waals surface area contributed by atoms with Gasteiger partial charge in [-0.15, -0.1) is 20.2 Å². The van der Waals surface area contributed by atoms with E-state index in [0.29, 0.717) is 0 Å². The molecule has 0 aliphatic rings. The molecule has 0 N–H and O–H groups in total. The third-order valence-corrected chi connectivity index (χ3v) is 4.68. The van der Waals surface area contributed by atoms with Gasteiger partial charge in [-0.25, -0.2) is 0 Å². The summed E-state index contributed by atoms with van der Waals surface area (Å²) in [5.41, 5.74) is -3.16. The Balaban J connectivity index is 2.17. The Bertz CT molecular complexity index is 1200. The van der Waals surface area contributed by atoms with Crippen LogP contribution in [0.3, 0.4) is 0 Å². The number of rotatable bonds is 8.